The number of carbonyl (C=O) groups is 6. The van der Waals surface area contributed by atoms with E-state index in [1.807, 2.05) is 0 Å². The molecule has 0 bridgehead atoms. The van der Waals surface area contributed by atoms with Gasteiger partial charge in [-0.1, -0.05) is 24.3 Å². The van der Waals surface area contributed by atoms with Crippen LogP contribution in [-0.4, -0.2) is 49.8 Å². The molecule has 0 fully saturated rings. The molecule has 0 N–H and O–H groups in total. The summed E-state index contributed by atoms with van der Waals surface area (Å²) >= 11 is 0. The van der Waals surface area contributed by atoms with Crippen molar-refractivity contribution in [3.8, 4) is 0 Å². The van der Waals surface area contributed by atoms with Crippen molar-refractivity contribution in [3.63, 3.8) is 0 Å². The summed E-state index contributed by atoms with van der Waals surface area (Å²) in [4.78, 5) is 79.5. The maximum absolute atomic E-state index is 13.4. The van der Waals surface area contributed by atoms with Gasteiger partial charge in [-0.15, -0.1) is 0 Å². The van der Waals surface area contributed by atoms with Gasteiger partial charge in [0.25, 0.3) is 23.6 Å². The van der Waals surface area contributed by atoms with Crippen LogP contribution in [-0.2, 0) is 9.47 Å². The number of hydrogen-bond acceptors (Lipinski definition) is 8. The molecule has 4 aromatic carbocycles. The number of nitrogens with zero attached hydrogens (tertiary/aromatic N) is 2. The van der Waals surface area contributed by atoms with Crippen LogP contribution in [0.2, 0.25) is 0 Å². The Kier molecular flexibility index (Phi) is 5.54. The molecule has 0 saturated heterocycles. The Balaban J connectivity index is 1.44. The number of carbonyl (C=O) groups excluding carboxylic acids is 6. The molecule has 2 aliphatic heterocycles. The van der Waals surface area contributed by atoms with Crippen molar-refractivity contribution >= 4 is 57.7 Å². The minimum absolute atomic E-state index is 0.0582. The van der Waals surface area contributed by atoms with Gasteiger partial charge in [0.15, 0.2) is 0 Å². The minimum atomic E-state index is -0.643. The quantitative estimate of drug-likeness (QED) is 0.284. The van der Waals surface area contributed by atoms with E-state index >= 15 is 0 Å². The highest BCUT2D eigenvalue weighted by molar-refractivity contribution is 6.38. The third-order valence-corrected chi connectivity index (χ3v) is 6.97. The van der Waals surface area contributed by atoms with Crippen LogP contribution in [0, 0.1) is 0 Å². The van der Waals surface area contributed by atoms with E-state index < -0.39 is 35.6 Å². The van der Waals surface area contributed by atoms with E-state index in [4.69, 9.17) is 9.47 Å². The fourth-order valence-corrected chi connectivity index (χ4v) is 5.08. The second kappa shape index (κ2) is 8.98. The zero-order valence-electron chi connectivity index (χ0n) is 21.1. The Bertz CT molecular complexity index is 1720. The minimum Gasteiger partial charge on any atom is -0.465 e. The summed E-state index contributed by atoms with van der Waals surface area (Å²) in [6, 6.07) is 18.0. The number of methoxy groups -OCH3 is 2. The van der Waals surface area contributed by atoms with Gasteiger partial charge in [0.2, 0.25) is 0 Å². The topological polar surface area (TPSA) is 127 Å². The molecule has 4 aromatic rings. The Labute approximate surface area is 226 Å². The summed E-state index contributed by atoms with van der Waals surface area (Å²) in [5.74, 6) is -3.69. The number of imide groups is 2. The zero-order chi connectivity index (χ0) is 28.3. The lowest BCUT2D eigenvalue weighted by Gasteiger charge is -2.20. The Morgan fingerprint density at radius 1 is 0.525 bits per heavy atom. The zero-order valence-corrected chi connectivity index (χ0v) is 21.1. The Morgan fingerprint density at radius 3 is 1.27 bits per heavy atom. The largest absolute Gasteiger partial charge is 0.465 e. The van der Waals surface area contributed by atoms with E-state index in [1.165, 1.54) is 50.6 Å². The fraction of sp³-hybridized carbons (Fsp3) is 0.0667. The van der Waals surface area contributed by atoms with Gasteiger partial charge >= 0.3 is 11.9 Å². The van der Waals surface area contributed by atoms with Crippen LogP contribution in [0.5, 0.6) is 0 Å². The van der Waals surface area contributed by atoms with Crippen LogP contribution < -0.4 is 9.80 Å². The molecule has 6 rings (SSSR count). The molecule has 196 valence electrons. The van der Waals surface area contributed by atoms with E-state index in [-0.39, 0.29) is 44.8 Å². The summed E-state index contributed by atoms with van der Waals surface area (Å²) in [6.07, 6.45) is 0. The fourth-order valence-electron chi connectivity index (χ4n) is 5.08. The molecule has 0 aliphatic carbocycles. The second-order valence-corrected chi connectivity index (χ2v) is 9.04. The number of amides is 4. The predicted molar refractivity (Wildman–Crippen MR) is 142 cm³/mol. The summed E-state index contributed by atoms with van der Waals surface area (Å²) in [5, 5.41) is 0.879. The number of ether oxygens (including phenoxy) is 2. The van der Waals surface area contributed by atoms with Crippen molar-refractivity contribution in [1.82, 2.24) is 0 Å². The third kappa shape index (κ3) is 3.43. The number of hydrogen-bond donors (Lipinski definition) is 0. The normalized spacial score (nSPS) is 14.1. The first-order valence-electron chi connectivity index (χ1n) is 12.0. The third-order valence-electron chi connectivity index (χ3n) is 6.97. The standard InChI is InChI=1S/C30H18N2O8/c1-39-29(37)15-9-11-19-21(13-15)27(35)31(25(19)33)23-7-3-6-18-17(23)5-4-8-24(18)32-26(34)20-12-10-16(30(38)40-2)14-22(20)28(32)36/h3-14H,1-2H3. The number of esters is 2. The van der Waals surface area contributed by atoms with Gasteiger partial charge in [0, 0.05) is 10.8 Å². The maximum Gasteiger partial charge on any atom is 0.337 e. The monoisotopic (exact) mass is 534 g/mol. The Hall–Kier alpha value is -5.64. The van der Waals surface area contributed by atoms with Crippen molar-refractivity contribution < 1.29 is 38.2 Å². The van der Waals surface area contributed by atoms with Gasteiger partial charge < -0.3 is 9.47 Å². The van der Waals surface area contributed by atoms with Crippen LogP contribution in [0.15, 0.2) is 72.8 Å². The lowest BCUT2D eigenvalue weighted by molar-refractivity contribution is 0.0591. The first kappa shape index (κ1) is 24.7. The lowest BCUT2D eigenvalue weighted by Crippen LogP contribution is -2.30. The van der Waals surface area contributed by atoms with Crippen molar-refractivity contribution in [1.29, 1.82) is 0 Å². The predicted octanol–water partition coefficient (Wildman–Crippen LogP) is 4.01. The van der Waals surface area contributed by atoms with E-state index in [1.54, 1.807) is 36.4 Å². The molecule has 2 heterocycles. The molecule has 10 nitrogen and oxygen atoms in total. The highest BCUT2D eigenvalue weighted by atomic mass is 16.5. The molecule has 0 aromatic heterocycles. The van der Waals surface area contributed by atoms with Crippen molar-refractivity contribution in [2.24, 2.45) is 0 Å². The van der Waals surface area contributed by atoms with Crippen LogP contribution in [0.25, 0.3) is 10.8 Å². The average molecular weight is 534 g/mol. The molecule has 0 spiro atoms. The van der Waals surface area contributed by atoms with Gasteiger partial charge in [0.05, 0.1) is 59.0 Å². The number of fused-ring (bicyclic) bond motifs is 3. The molecule has 0 radical (unpaired) electrons. The van der Waals surface area contributed by atoms with E-state index in [2.05, 4.69) is 0 Å². The van der Waals surface area contributed by atoms with Crippen LogP contribution in [0.4, 0.5) is 11.4 Å². The molecule has 2 aliphatic rings. The van der Waals surface area contributed by atoms with Crippen molar-refractivity contribution in [2.45, 2.75) is 0 Å². The van der Waals surface area contributed by atoms with Gasteiger partial charge in [-0.25, -0.2) is 19.4 Å². The SMILES string of the molecule is COC(=O)c1ccc2c(c1)C(=O)N(c1cccc3c(N4C(=O)c5ccc(C(=O)OC)cc5C4=O)cccc13)C2=O. The van der Waals surface area contributed by atoms with Gasteiger partial charge in [-0.05, 0) is 48.5 Å². The van der Waals surface area contributed by atoms with Crippen LogP contribution in [0.1, 0.15) is 62.1 Å². The molecular formula is C30H18N2O8. The van der Waals surface area contributed by atoms with E-state index in [0.29, 0.717) is 10.8 Å². The maximum atomic E-state index is 13.4. The number of rotatable bonds is 4. The molecule has 40 heavy (non-hydrogen) atoms. The molecule has 0 atom stereocenters. The molecular weight excluding hydrogens is 516 g/mol. The van der Waals surface area contributed by atoms with E-state index in [0.717, 1.165) is 9.80 Å². The van der Waals surface area contributed by atoms with Crippen LogP contribution >= 0.6 is 0 Å². The van der Waals surface area contributed by atoms with Gasteiger partial charge in [-0.3, -0.25) is 19.2 Å². The first-order chi connectivity index (χ1) is 19.3. The van der Waals surface area contributed by atoms with E-state index in [9.17, 15) is 28.8 Å². The number of anilines is 2. The average Bonchev–Trinajstić information content (AvgIpc) is 3.38. The second-order valence-electron chi connectivity index (χ2n) is 9.04. The summed E-state index contributed by atoms with van der Waals surface area (Å²) in [7, 11) is 2.43. The molecule has 4 amide bonds. The molecule has 0 unspecified atom stereocenters. The first-order valence-corrected chi connectivity index (χ1v) is 12.0. The smallest absolute Gasteiger partial charge is 0.337 e. The summed E-state index contributed by atoms with van der Waals surface area (Å²) in [6.45, 7) is 0. The molecule has 10 heteroatoms. The molecule has 0 saturated carbocycles. The highest BCUT2D eigenvalue weighted by Crippen LogP contribution is 2.39. The highest BCUT2D eigenvalue weighted by Gasteiger charge is 2.40. The van der Waals surface area contributed by atoms with Crippen molar-refractivity contribution in [2.75, 3.05) is 24.0 Å². The summed E-state index contributed by atoms with van der Waals surface area (Å²) < 4.78 is 9.44. The van der Waals surface area contributed by atoms with Crippen LogP contribution in [0.3, 0.4) is 0 Å². The lowest BCUT2D eigenvalue weighted by atomic mass is 10.0. The Morgan fingerprint density at radius 2 is 0.900 bits per heavy atom. The summed E-state index contributed by atoms with van der Waals surface area (Å²) in [5.41, 5.74) is 1.13. The number of benzene rings is 4. The van der Waals surface area contributed by atoms with Gasteiger partial charge in [0.1, 0.15) is 0 Å². The van der Waals surface area contributed by atoms with Gasteiger partial charge in [-0.2, -0.15) is 0 Å². The van der Waals surface area contributed by atoms with Crippen molar-refractivity contribution in [3.05, 3.63) is 106 Å².